The predicted octanol–water partition coefficient (Wildman–Crippen LogP) is 3.22. The Kier molecular flexibility index (Phi) is 2.84. The Morgan fingerprint density at radius 2 is 1.91 bits per heavy atom. The highest BCUT2D eigenvalue weighted by molar-refractivity contribution is 6.00. The fourth-order valence-corrected chi connectivity index (χ4v) is 2.86. The van der Waals surface area contributed by atoms with Crippen molar-refractivity contribution in [3.05, 3.63) is 65.9 Å². The van der Waals surface area contributed by atoms with Crippen molar-refractivity contribution in [3.8, 4) is 5.75 Å². The van der Waals surface area contributed by atoms with E-state index in [1.807, 2.05) is 42.5 Å². The van der Waals surface area contributed by atoms with Gasteiger partial charge in [0.2, 0.25) is 0 Å². The molecule has 3 N–H and O–H groups in total. The fraction of sp³-hybridized carbons (Fsp3) is 0.0556. The van der Waals surface area contributed by atoms with E-state index in [1.54, 1.807) is 18.3 Å². The van der Waals surface area contributed by atoms with Crippen LogP contribution in [0.15, 0.2) is 54.7 Å². The Labute approximate surface area is 127 Å². The zero-order valence-corrected chi connectivity index (χ0v) is 11.7. The van der Waals surface area contributed by atoms with Gasteiger partial charge >= 0.3 is 0 Å². The van der Waals surface area contributed by atoms with Gasteiger partial charge < -0.3 is 15.5 Å². The number of aromatic hydroxyl groups is 1. The number of aliphatic hydroxyl groups is 1. The van der Waals surface area contributed by atoms with E-state index in [0.717, 1.165) is 27.7 Å². The molecule has 0 amide bonds. The zero-order valence-electron chi connectivity index (χ0n) is 11.7. The summed E-state index contributed by atoms with van der Waals surface area (Å²) in [6, 6.07) is 14.9. The Morgan fingerprint density at radius 1 is 1.05 bits per heavy atom. The maximum Gasteiger partial charge on any atom is 0.151 e. The highest BCUT2D eigenvalue weighted by Crippen LogP contribution is 2.37. The third kappa shape index (κ3) is 1.93. The molecule has 0 aliphatic carbocycles. The number of aliphatic hydroxyl groups excluding tert-OH is 1. The van der Waals surface area contributed by atoms with Crippen LogP contribution < -0.4 is 5.32 Å². The molecule has 1 aliphatic rings. The molecule has 0 saturated carbocycles. The van der Waals surface area contributed by atoms with Crippen molar-refractivity contribution in [3.63, 3.8) is 0 Å². The number of fused-ring (bicyclic) bond motifs is 2. The molecule has 0 spiro atoms. The molecule has 1 aromatic heterocycles. The number of pyridine rings is 1. The number of benzene rings is 2. The van der Waals surface area contributed by atoms with Crippen LogP contribution in [0.25, 0.3) is 22.6 Å². The Morgan fingerprint density at radius 3 is 2.82 bits per heavy atom. The van der Waals surface area contributed by atoms with Crippen molar-refractivity contribution >= 4 is 28.2 Å². The van der Waals surface area contributed by atoms with Crippen molar-refractivity contribution in [2.45, 2.75) is 6.23 Å². The van der Waals surface area contributed by atoms with Gasteiger partial charge in [-0.3, -0.25) is 4.98 Å². The topological polar surface area (TPSA) is 65.4 Å². The molecule has 0 bridgehead atoms. The third-order valence-electron chi connectivity index (χ3n) is 3.93. The molecule has 3 aromatic rings. The molecule has 108 valence electrons. The normalized spacial score (nSPS) is 18.4. The summed E-state index contributed by atoms with van der Waals surface area (Å²) in [5.74, 6) is 0.171. The molecule has 0 saturated heterocycles. The van der Waals surface area contributed by atoms with Gasteiger partial charge in [-0.25, -0.2) is 0 Å². The third-order valence-corrected chi connectivity index (χ3v) is 3.93. The lowest BCUT2D eigenvalue weighted by atomic mass is 10.00. The van der Waals surface area contributed by atoms with E-state index in [-0.39, 0.29) is 5.75 Å². The lowest BCUT2D eigenvalue weighted by Crippen LogP contribution is -2.12. The van der Waals surface area contributed by atoms with Crippen LogP contribution in [0.2, 0.25) is 0 Å². The Bertz CT molecular complexity index is 902. The van der Waals surface area contributed by atoms with Crippen molar-refractivity contribution in [1.82, 2.24) is 4.98 Å². The molecule has 1 atom stereocenters. The van der Waals surface area contributed by atoms with E-state index in [0.29, 0.717) is 5.56 Å². The molecule has 1 aliphatic heterocycles. The van der Waals surface area contributed by atoms with Crippen LogP contribution in [-0.2, 0) is 0 Å². The van der Waals surface area contributed by atoms with E-state index >= 15 is 0 Å². The molecule has 4 heteroatoms. The maximum atomic E-state index is 10.3. The van der Waals surface area contributed by atoms with E-state index in [1.165, 1.54) is 0 Å². The quantitative estimate of drug-likeness (QED) is 0.644. The summed E-state index contributed by atoms with van der Waals surface area (Å²) >= 11 is 0. The average molecular weight is 290 g/mol. The number of nitrogens with zero attached hydrogens (tertiary/aromatic N) is 1. The Hall–Kier alpha value is -2.85. The van der Waals surface area contributed by atoms with Gasteiger partial charge in [0.15, 0.2) is 6.23 Å². The molecule has 4 nitrogen and oxygen atoms in total. The smallest absolute Gasteiger partial charge is 0.151 e. The summed E-state index contributed by atoms with van der Waals surface area (Å²) in [6.45, 7) is 0. The minimum Gasteiger partial charge on any atom is -0.507 e. The van der Waals surface area contributed by atoms with E-state index in [4.69, 9.17) is 0 Å². The molecule has 4 rings (SSSR count). The van der Waals surface area contributed by atoms with Gasteiger partial charge in [0, 0.05) is 34.0 Å². The van der Waals surface area contributed by atoms with Crippen LogP contribution in [0.3, 0.4) is 0 Å². The van der Waals surface area contributed by atoms with Gasteiger partial charge in [0.25, 0.3) is 0 Å². The first kappa shape index (κ1) is 12.9. The van der Waals surface area contributed by atoms with Crippen LogP contribution in [0, 0.1) is 0 Å². The molecule has 1 unspecified atom stereocenters. The SMILES string of the molecule is Oc1ccc2ncccc2c1C=C1c2ccccc2NC1O. The Balaban J connectivity index is 1.96. The second-order valence-electron chi connectivity index (χ2n) is 5.26. The average Bonchev–Trinajstić information content (AvgIpc) is 2.86. The lowest BCUT2D eigenvalue weighted by molar-refractivity contribution is 0.266. The summed E-state index contributed by atoms with van der Waals surface area (Å²) in [4.78, 5) is 4.30. The van der Waals surface area contributed by atoms with Gasteiger partial charge in [-0.2, -0.15) is 0 Å². The van der Waals surface area contributed by atoms with Gasteiger partial charge in [-0.15, -0.1) is 0 Å². The summed E-state index contributed by atoms with van der Waals surface area (Å²) < 4.78 is 0. The van der Waals surface area contributed by atoms with Gasteiger partial charge in [-0.05, 0) is 30.3 Å². The highest BCUT2D eigenvalue weighted by Gasteiger charge is 2.24. The van der Waals surface area contributed by atoms with Crippen molar-refractivity contribution in [1.29, 1.82) is 0 Å². The number of rotatable bonds is 1. The second-order valence-corrected chi connectivity index (χ2v) is 5.26. The van der Waals surface area contributed by atoms with Crippen molar-refractivity contribution < 1.29 is 10.2 Å². The second kappa shape index (κ2) is 4.86. The minimum atomic E-state index is -0.788. The molecular formula is C18H14N2O2. The lowest BCUT2D eigenvalue weighted by Gasteiger charge is -2.09. The first-order chi connectivity index (χ1) is 10.7. The van der Waals surface area contributed by atoms with E-state index in [9.17, 15) is 10.2 Å². The summed E-state index contributed by atoms with van der Waals surface area (Å²) in [5, 5.41) is 24.4. The summed E-state index contributed by atoms with van der Waals surface area (Å²) in [7, 11) is 0. The molecule has 2 heterocycles. The number of para-hydroxylation sites is 1. The van der Waals surface area contributed by atoms with Crippen molar-refractivity contribution in [2.75, 3.05) is 5.32 Å². The molecule has 0 radical (unpaired) electrons. The number of anilines is 1. The van der Waals surface area contributed by atoms with E-state index in [2.05, 4.69) is 10.3 Å². The molecule has 0 fully saturated rings. The number of aromatic nitrogens is 1. The molecule has 22 heavy (non-hydrogen) atoms. The minimum absolute atomic E-state index is 0.171. The molecular weight excluding hydrogens is 276 g/mol. The number of hydrogen-bond donors (Lipinski definition) is 3. The largest absolute Gasteiger partial charge is 0.507 e. The summed E-state index contributed by atoms with van der Waals surface area (Å²) in [5.41, 5.74) is 4.04. The summed E-state index contributed by atoms with van der Waals surface area (Å²) in [6.07, 6.45) is 2.75. The van der Waals surface area contributed by atoms with Crippen LogP contribution in [-0.4, -0.2) is 21.4 Å². The van der Waals surface area contributed by atoms with Crippen LogP contribution in [0.5, 0.6) is 5.75 Å². The fourth-order valence-electron chi connectivity index (χ4n) is 2.86. The number of phenolic OH excluding ortho intramolecular Hbond substituents is 1. The maximum absolute atomic E-state index is 10.3. The van der Waals surface area contributed by atoms with Gasteiger partial charge in [0.1, 0.15) is 5.75 Å². The van der Waals surface area contributed by atoms with Crippen LogP contribution >= 0.6 is 0 Å². The number of phenols is 1. The van der Waals surface area contributed by atoms with Crippen molar-refractivity contribution in [2.24, 2.45) is 0 Å². The van der Waals surface area contributed by atoms with Gasteiger partial charge in [0.05, 0.1) is 5.52 Å². The van der Waals surface area contributed by atoms with E-state index < -0.39 is 6.23 Å². The number of nitrogens with one attached hydrogen (secondary N) is 1. The van der Waals surface area contributed by atoms with Crippen LogP contribution in [0.1, 0.15) is 11.1 Å². The van der Waals surface area contributed by atoms with Gasteiger partial charge in [-0.1, -0.05) is 24.3 Å². The first-order valence-electron chi connectivity index (χ1n) is 7.06. The standard InChI is InChI=1S/C18H14N2O2/c21-17-8-7-15-11(5-3-9-19-15)13(17)10-14-12-4-1-2-6-16(12)20-18(14)22/h1-10,18,20-22H. The molecule has 2 aromatic carbocycles. The number of hydrogen-bond acceptors (Lipinski definition) is 4. The predicted molar refractivity (Wildman–Crippen MR) is 87.4 cm³/mol. The van der Waals surface area contributed by atoms with Crippen LogP contribution in [0.4, 0.5) is 5.69 Å². The monoisotopic (exact) mass is 290 g/mol. The highest BCUT2D eigenvalue weighted by atomic mass is 16.3. The zero-order chi connectivity index (χ0) is 15.1. The first-order valence-corrected chi connectivity index (χ1v) is 7.06.